The molecule has 0 unspecified atom stereocenters. The largest absolute Gasteiger partial charge is 0.356 e. The number of fused-ring (bicyclic) bond motifs is 1. The van der Waals surface area contributed by atoms with E-state index in [4.69, 9.17) is 4.84 Å². The molecule has 2 aromatic rings. The Morgan fingerprint density at radius 1 is 1.44 bits per heavy atom. The standard InChI is InChI=1S/C10H12N3O3/c1-15-7-16-12-13(14)10-6-11-9-5-3-2-4-8(9)10/h2-6,11H,7H2,1H3,(H,12,14)/q+1. The van der Waals surface area contributed by atoms with Gasteiger partial charge in [0.2, 0.25) is 0 Å². The predicted molar refractivity (Wildman–Crippen MR) is 57.7 cm³/mol. The number of nitrogens with one attached hydrogen (secondary N) is 2. The van der Waals surface area contributed by atoms with Crippen molar-refractivity contribution in [2.45, 2.75) is 0 Å². The van der Waals surface area contributed by atoms with Crippen molar-refractivity contribution in [2.75, 3.05) is 13.9 Å². The van der Waals surface area contributed by atoms with Crippen molar-refractivity contribution in [1.82, 2.24) is 10.6 Å². The van der Waals surface area contributed by atoms with E-state index >= 15 is 0 Å². The molecule has 0 bridgehead atoms. The van der Waals surface area contributed by atoms with E-state index in [-0.39, 0.29) is 6.79 Å². The van der Waals surface area contributed by atoms with Crippen molar-refractivity contribution in [1.29, 1.82) is 0 Å². The van der Waals surface area contributed by atoms with E-state index in [9.17, 15) is 4.91 Å². The van der Waals surface area contributed by atoms with Crippen molar-refractivity contribution in [2.24, 2.45) is 0 Å². The van der Waals surface area contributed by atoms with Crippen molar-refractivity contribution in [3.05, 3.63) is 35.4 Å². The van der Waals surface area contributed by atoms with Gasteiger partial charge in [-0.3, -0.25) is 0 Å². The lowest BCUT2D eigenvalue weighted by Gasteiger charge is -1.95. The smallest absolute Gasteiger partial charge is 0.319 e. The lowest BCUT2D eigenvalue weighted by molar-refractivity contribution is -0.595. The lowest BCUT2D eigenvalue weighted by Crippen LogP contribution is -2.23. The molecule has 16 heavy (non-hydrogen) atoms. The molecular formula is C10H12N3O3+. The zero-order valence-corrected chi connectivity index (χ0v) is 8.77. The third-order valence-electron chi connectivity index (χ3n) is 2.11. The molecule has 0 aliphatic heterocycles. The maximum Gasteiger partial charge on any atom is 0.319 e. The summed E-state index contributed by atoms with van der Waals surface area (Å²) in [6.07, 6.45) is 1.61. The number of aromatic amines is 1. The van der Waals surface area contributed by atoms with Crippen molar-refractivity contribution >= 4 is 16.6 Å². The van der Waals surface area contributed by atoms with Crippen LogP contribution >= 0.6 is 0 Å². The highest BCUT2D eigenvalue weighted by molar-refractivity contribution is 5.88. The zero-order chi connectivity index (χ0) is 11.4. The average molecular weight is 222 g/mol. The molecule has 0 fully saturated rings. The van der Waals surface area contributed by atoms with Gasteiger partial charge in [-0.1, -0.05) is 12.1 Å². The van der Waals surface area contributed by atoms with Gasteiger partial charge in [0.25, 0.3) is 0 Å². The molecule has 0 aliphatic carbocycles. The van der Waals surface area contributed by atoms with E-state index in [1.54, 1.807) is 6.20 Å². The van der Waals surface area contributed by atoms with Gasteiger partial charge in [-0.25, -0.2) is 0 Å². The Morgan fingerprint density at radius 2 is 2.25 bits per heavy atom. The van der Waals surface area contributed by atoms with E-state index in [1.807, 2.05) is 24.3 Å². The van der Waals surface area contributed by atoms with Gasteiger partial charge in [-0.2, -0.15) is 4.84 Å². The van der Waals surface area contributed by atoms with Crippen LogP contribution in [0.1, 0.15) is 0 Å². The molecule has 2 rings (SSSR count). The van der Waals surface area contributed by atoms with Crippen molar-refractivity contribution in [3.8, 4) is 0 Å². The summed E-state index contributed by atoms with van der Waals surface area (Å²) >= 11 is 0. The molecule has 0 saturated carbocycles. The molecule has 6 heteroatoms. The summed E-state index contributed by atoms with van der Waals surface area (Å²) in [7, 11) is 1.47. The van der Waals surface area contributed by atoms with E-state index in [0.29, 0.717) is 10.6 Å². The van der Waals surface area contributed by atoms with Gasteiger partial charge in [0.1, 0.15) is 0 Å². The third kappa shape index (κ3) is 2.02. The van der Waals surface area contributed by atoms with Crippen LogP contribution in [0.2, 0.25) is 0 Å². The highest BCUT2D eigenvalue weighted by Gasteiger charge is 2.19. The number of hydrazine groups is 1. The fourth-order valence-electron chi connectivity index (χ4n) is 1.42. The Hall–Kier alpha value is -1.92. The Kier molecular flexibility index (Phi) is 3.13. The summed E-state index contributed by atoms with van der Waals surface area (Å²) in [5.41, 5.74) is 3.57. The van der Waals surface area contributed by atoms with E-state index < -0.39 is 0 Å². The zero-order valence-electron chi connectivity index (χ0n) is 8.77. The molecule has 0 radical (unpaired) electrons. The van der Waals surface area contributed by atoms with Crippen LogP contribution in [0.15, 0.2) is 30.5 Å². The fourth-order valence-corrected chi connectivity index (χ4v) is 1.42. The minimum atomic E-state index is 0.00109. The minimum absolute atomic E-state index is 0.00109. The Morgan fingerprint density at radius 3 is 3.06 bits per heavy atom. The molecule has 0 spiro atoms. The van der Waals surface area contributed by atoms with Gasteiger partial charge in [0.05, 0.1) is 22.0 Å². The summed E-state index contributed by atoms with van der Waals surface area (Å²) in [4.78, 5) is 19.9. The molecule has 0 aliphatic rings. The van der Waals surface area contributed by atoms with Crippen LogP contribution in [-0.2, 0) is 9.57 Å². The molecular weight excluding hydrogens is 210 g/mol. The number of ether oxygens (including phenoxy) is 1. The topological polar surface area (TPSA) is 66.4 Å². The molecule has 0 saturated heterocycles. The van der Waals surface area contributed by atoms with E-state index in [2.05, 4.69) is 15.3 Å². The van der Waals surface area contributed by atoms with Gasteiger partial charge in [-0.15, -0.1) is 0 Å². The van der Waals surface area contributed by atoms with E-state index in [0.717, 1.165) is 10.9 Å². The first-order chi connectivity index (χ1) is 7.83. The first-order valence-electron chi connectivity index (χ1n) is 4.72. The number of hydrogen-bond donors (Lipinski definition) is 2. The Labute approximate surface area is 91.7 Å². The highest BCUT2D eigenvalue weighted by Crippen LogP contribution is 2.23. The van der Waals surface area contributed by atoms with Crippen LogP contribution in [0.3, 0.4) is 0 Å². The summed E-state index contributed by atoms with van der Waals surface area (Å²) < 4.78 is 4.64. The molecule has 2 N–H and O–H groups in total. The number of rotatable bonds is 5. The number of aromatic nitrogens is 1. The molecule has 6 nitrogen and oxygen atoms in total. The van der Waals surface area contributed by atoms with Gasteiger partial charge in [-0.05, 0) is 17.7 Å². The SMILES string of the molecule is COCON[N+](=O)c1c[nH]c2ccccc12. The van der Waals surface area contributed by atoms with Gasteiger partial charge in [0, 0.05) is 7.11 Å². The molecule has 0 atom stereocenters. The number of para-hydroxylation sites is 1. The maximum atomic E-state index is 11.6. The second-order valence-electron chi connectivity index (χ2n) is 3.16. The van der Waals surface area contributed by atoms with Crippen LogP contribution in [0.5, 0.6) is 0 Å². The molecule has 84 valence electrons. The Balaban J connectivity index is 2.17. The fraction of sp³-hybridized carbons (Fsp3) is 0.200. The normalized spacial score (nSPS) is 10.6. The van der Waals surface area contributed by atoms with Crippen molar-refractivity contribution < 1.29 is 14.4 Å². The highest BCUT2D eigenvalue weighted by atomic mass is 16.8. The molecule has 1 heterocycles. The second kappa shape index (κ2) is 4.73. The van der Waals surface area contributed by atoms with Crippen LogP contribution in [-0.4, -0.2) is 23.8 Å². The first kappa shape index (κ1) is 10.6. The summed E-state index contributed by atoms with van der Waals surface area (Å²) in [6, 6.07) is 7.50. The molecule has 0 amide bonds. The van der Waals surface area contributed by atoms with Crippen LogP contribution in [0.25, 0.3) is 10.9 Å². The third-order valence-corrected chi connectivity index (χ3v) is 2.11. The predicted octanol–water partition coefficient (Wildman–Crippen LogP) is 1.62. The number of nitrogens with zero attached hydrogens (tertiary/aromatic N) is 1. The minimum Gasteiger partial charge on any atom is -0.356 e. The van der Waals surface area contributed by atoms with Crippen LogP contribution in [0.4, 0.5) is 5.69 Å². The number of methoxy groups -OCH3 is 1. The van der Waals surface area contributed by atoms with Crippen molar-refractivity contribution in [3.63, 3.8) is 0 Å². The molecule has 1 aromatic carbocycles. The van der Waals surface area contributed by atoms with Gasteiger partial charge < -0.3 is 9.72 Å². The average Bonchev–Trinajstić information content (AvgIpc) is 2.73. The van der Waals surface area contributed by atoms with Gasteiger partial charge >= 0.3 is 5.69 Å². The Bertz CT molecular complexity index is 495. The second-order valence-corrected chi connectivity index (χ2v) is 3.16. The summed E-state index contributed by atoms with van der Waals surface area (Å²) in [6.45, 7) is 0.00109. The first-order valence-corrected chi connectivity index (χ1v) is 4.72. The van der Waals surface area contributed by atoms with E-state index in [1.165, 1.54) is 7.11 Å². The quantitative estimate of drug-likeness (QED) is 0.349. The summed E-state index contributed by atoms with van der Waals surface area (Å²) in [5, 5.41) is 0.825. The monoisotopic (exact) mass is 222 g/mol. The summed E-state index contributed by atoms with van der Waals surface area (Å²) in [5.74, 6) is 0. The number of benzene rings is 1. The molecule has 1 aromatic heterocycles. The lowest BCUT2D eigenvalue weighted by atomic mass is 10.2. The van der Waals surface area contributed by atoms with Crippen LogP contribution < -0.4 is 5.59 Å². The maximum absolute atomic E-state index is 11.6. The number of hydrogen-bond acceptors (Lipinski definition) is 3. The number of H-pyrrole nitrogens is 1. The van der Waals surface area contributed by atoms with Crippen LogP contribution in [0, 0.1) is 4.91 Å². The van der Waals surface area contributed by atoms with Gasteiger partial charge in [0.15, 0.2) is 11.7 Å². The number of nitroso groups, excluding NO2 is 1.